The van der Waals surface area contributed by atoms with Crippen molar-refractivity contribution in [3.8, 4) is 0 Å². The van der Waals surface area contributed by atoms with Gasteiger partial charge in [0.2, 0.25) is 0 Å². The van der Waals surface area contributed by atoms with Crippen molar-refractivity contribution >= 4 is 0 Å². The lowest BCUT2D eigenvalue weighted by Crippen LogP contribution is -2.34. The summed E-state index contributed by atoms with van der Waals surface area (Å²) in [6.07, 6.45) is 26.5. The summed E-state index contributed by atoms with van der Waals surface area (Å²) in [6, 6.07) is 9.65. The molecule has 0 heteroatoms. The number of rotatable bonds is 8. The molecule has 3 aliphatic carbocycles. The van der Waals surface area contributed by atoms with Crippen molar-refractivity contribution in [2.45, 2.75) is 103 Å². The van der Waals surface area contributed by atoms with Gasteiger partial charge in [-0.2, -0.15) is 0 Å². The molecule has 4 unspecified atom stereocenters. The van der Waals surface area contributed by atoms with E-state index in [1.54, 1.807) is 12.0 Å². The van der Waals surface area contributed by atoms with Crippen LogP contribution in [-0.4, -0.2) is 0 Å². The zero-order valence-corrected chi connectivity index (χ0v) is 20.1. The molecule has 1 aromatic rings. The highest BCUT2D eigenvalue weighted by atomic mass is 14.4. The van der Waals surface area contributed by atoms with Gasteiger partial charge in [0.25, 0.3) is 0 Å². The average molecular weight is 419 g/mol. The van der Waals surface area contributed by atoms with Crippen molar-refractivity contribution in [3.63, 3.8) is 0 Å². The van der Waals surface area contributed by atoms with E-state index in [0.717, 1.165) is 35.5 Å². The number of hydrogen-bond acceptors (Lipinski definition) is 0. The minimum absolute atomic E-state index is 0.817. The first kappa shape index (κ1) is 22.9. The lowest BCUT2D eigenvalue weighted by Gasteiger charge is -2.45. The molecular weight excluding hydrogens is 372 g/mol. The molecule has 0 radical (unpaired) electrons. The first-order valence-corrected chi connectivity index (χ1v) is 13.6. The lowest BCUT2D eigenvalue weighted by atomic mass is 9.60. The van der Waals surface area contributed by atoms with Gasteiger partial charge in [-0.25, -0.2) is 0 Å². The fourth-order valence-corrected chi connectivity index (χ4v) is 7.36. The molecule has 0 saturated heterocycles. The van der Waals surface area contributed by atoms with Crippen molar-refractivity contribution < 1.29 is 0 Å². The number of allylic oxidation sites excluding steroid dienone is 3. The van der Waals surface area contributed by atoms with Crippen LogP contribution in [0.15, 0.2) is 49.1 Å². The Balaban J connectivity index is 1.22. The van der Waals surface area contributed by atoms with E-state index in [4.69, 9.17) is 0 Å². The van der Waals surface area contributed by atoms with E-state index in [1.165, 1.54) is 89.0 Å². The molecule has 3 saturated carbocycles. The third kappa shape index (κ3) is 6.15. The van der Waals surface area contributed by atoms with Crippen LogP contribution in [0.1, 0.15) is 107 Å². The molecule has 3 aliphatic rings. The maximum Gasteiger partial charge on any atom is -0.0162 e. The van der Waals surface area contributed by atoms with Gasteiger partial charge in [-0.05, 0) is 137 Å². The van der Waals surface area contributed by atoms with Gasteiger partial charge in [0.1, 0.15) is 0 Å². The van der Waals surface area contributed by atoms with Crippen LogP contribution >= 0.6 is 0 Å². The van der Waals surface area contributed by atoms with Crippen LogP contribution in [0.5, 0.6) is 0 Å². The monoisotopic (exact) mass is 418 g/mol. The molecular formula is C31H46. The zero-order valence-electron chi connectivity index (χ0n) is 20.1. The molecule has 0 nitrogen and oxygen atoms in total. The summed E-state index contributed by atoms with van der Waals surface area (Å²) in [4.78, 5) is 0. The summed E-state index contributed by atoms with van der Waals surface area (Å²) < 4.78 is 0. The molecule has 0 amide bonds. The minimum atomic E-state index is 0.817. The van der Waals surface area contributed by atoms with Crippen LogP contribution in [0, 0.1) is 29.6 Å². The fraction of sp³-hybridized carbons (Fsp3) is 0.677. The molecule has 1 aromatic carbocycles. The summed E-state index contributed by atoms with van der Waals surface area (Å²) in [5.41, 5.74) is 3.10. The van der Waals surface area contributed by atoms with E-state index in [9.17, 15) is 0 Å². The van der Waals surface area contributed by atoms with Crippen molar-refractivity contribution in [3.05, 3.63) is 60.2 Å². The van der Waals surface area contributed by atoms with Gasteiger partial charge in [0.15, 0.2) is 0 Å². The largest absolute Gasteiger partial charge is 0.103 e. The summed E-state index contributed by atoms with van der Waals surface area (Å²) in [7, 11) is 0. The maximum absolute atomic E-state index is 3.93. The highest BCUT2D eigenvalue weighted by molar-refractivity contribution is 5.26. The molecule has 170 valence electrons. The predicted molar refractivity (Wildman–Crippen MR) is 135 cm³/mol. The fourth-order valence-electron chi connectivity index (χ4n) is 7.36. The highest BCUT2D eigenvalue weighted by Gasteiger charge is 2.38. The topological polar surface area (TPSA) is 0 Å². The van der Waals surface area contributed by atoms with Gasteiger partial charge in [0, 0.05) is 0 Å². The Morgan fingerprint density at radius 3 is 2.13 bits per heavy atom. The van der Waals surface area contributed by atoms with Gasteiger partial charge >= 0.3 is 0 Å². The Bertz CT molecular complexity index is 687. The Labute approximate surface area is 192 Å². The first-order valence-electron chi connectivity index (χ1n) is 13.6. The van der Waals surface area contributed by atoms with Gasteiger partial charge < -0.3 is 0 Å². The number of fused-ring (bicyclic) bond motifs is 1. The SMILES string of the molecule is C=CCCC1CCC2CC(C3CCC(c4ccc(CC/C=C/C)cc4)CC3)CCC2C1. The van der Waals surface area contributed by atoms with Gasteiger partial charge in [-0.1, -0.05) is 48.9 Å². The second-order valence-corrected chi connectivity index (χ2v) is 11.1. The quantitative estimate of drug-likeness (QED) is 0.369. The molecule has 4 rings (SSSR count). The number of hydrogen-bond donors (Lipinski definition) is 0. The molecule has 4 atom stereocenters. The van der Waals surface area contributed by atoms with Gasteiger partial charge in [0.05, 0.1) is 0 Å². The zero-order chi connectivity index (χ0) is 21.5. The van der Waals surface area contributed by atoms with Gasteiger partial charge in [-0.3, -0.25) is 0 Å². The summed E-state index contributed by atoms with van der Waals surface area (Å²) in [5.74, 6) is 6.00. The molecule has 0 bridgehead atoms. The second kappa shape index (κ2) is 11.5. The Morgan fingerprint density at radius 1 is 0.774 bits per heavy atom. The molecule has 0 aromatic heterocycles. The van der Waals surface area contributed by atoms with Crippen molar-refractivity contribution in [2.75, 3.05) is 0 Å². The lowest BCUT2D eigenvalue weighted by molar-refractivity contribution is 0.0621. The van der Waals surface area contributed by atoms with E-state index in [2.05, 4.69) is 56.0 Å². The average Bonchev–Trinajstić information content (AvgIpc) is 2.83. The van der Waals surface area contributed by atoms with Crippen LogP contribution in [-0.2, 0) is 6.42 Å². The third-order valence-electron chi connectivity index (χ3n) is 9.27. The second-order valence-electron chi connectivity index (χ2n) is 11.1. The van der Waals surface area contributed by atoms with E-state index in [-0.39, 0.29) is 0 Å². The Morgan fingerprint density at radius 2 is 1.42 bits per heavy atom. The highest BCUT2D eigenvalue weighted by Crippen LogP contribution is 2.50. The summed E-state index contributed by atoms with van der Waals surface area (Å²) in [5, 5.41) is 0. The van der Waals surface area contributed by atoms with Crippen molar-refractivity contribution in [1.82, 2.24) is 0 Å². The Hall–Kier alpha value is -1.30. The van der Waals surface area contributed by atoms with Crippen LogP contribution in [0.4, 0.5) is 0 Å². The van der Waals surface area contributed by atoms with E-state index < -0.39 is 0 Å². The molecule has 0 heterocycles. The Kier molecular flexibility index (Phi) is 8.51. The minimum Gasteiger partial charge on any atom is -0.103 e. The molecule has 31 heavy (non-hydrogen) atoms. The van der Waals surface area contributed by atoms with Crippen LogP contribution in [0.25, 0.3) is 0 Å². The van der Waals surface area contributed by atoms with E-state index in [0.29, 0.717) is 0 Å². The third-order valence-corrected chi connectivity index (χ3v) is 9.27. The maximum atomic E-state index is 3.93. The smallest absolute Gasteiger partial charge is 0.0162 e. The normalized spacial score (nSPS) is 33.8. The predicted octanol–water partition coefficient (Wildman–Crippen LogP) is 9.27. The van der Waals surface area contributed by atoms with Crippen LogP contribution < -0.4 is 0 Å². The number of aryl methyl sites for hydroxylation is 1. The van der Waals surface area contributed by atoms with Gasteiger partial charge in [-0.15, -0.1) is 6.58 Å². The van der Waals surface area contributed by atoms with Crippen LogP contribution in [0.3, 0.4) is 0 Å². The molecule has 3 fully saturated rings. The molecule has 0 aliphatic heterocycles. The van der Waals surface area contributed by atoms with Crippen molar-refractivity contribution in [1.29, 1.82) is 0 Å². The molecule has 0 spiro atoms. The number of benzene rings is 1. The van der Waals surface area contributed by atoms with Crippen molar-refractivity contribution in [2.24, 2.45) is 29.6 Å². The standard InChI is InChI=1S/C31H46/c1-3-5-7-9-24-10-13-26(14-11-24)27-16-18-28(19-17-27)30-21-20-29-22-25(8-6-4-2)12-15-31(29)23-30/h3-5,10-11,13-14,25,27-31H,2,6-9,12,15-23H2,1H3/b5-3+. The molecule has 0 N–H and O–H groups in total. The summed E-state index contributed by atoms with van der Waals surface area (Å²) >= 11 is 0. The van der Waals surface area contributed by atoms with E-state index >= 15 is 0 Å². The summed E-state index contributed by atoms with van der Waals surface area (Å²) in [6.45, 7) is 6.04. The first-order chi connectivity index (χ1) is 15.3. The van der Waals surface area contributed by atoms with Crippen LogP contribution in [0.2, 0.25) is 0 Å². The van der Waals surface area contributed by atoms with E-state index in [1.807, 2.05) is 0 Å².